The Hall–Kier alpha value is -1.31. The minimum Gasteiger partial charge on any atom is -0.399 e. The van der Waals surface area contributed by atoms with Crippen LogP contribution in [0.3, 0.4) is 0 Å². The minimum atomic E-state index is 0.297. The van der Waals surface area contributed by atoms with Gasteiger partial charge in [-0.05, 0) is 49.3 Å². The lowest BCUT2D eigenvalue weighted by molar-refractivity contribution is -0.123. The van der Waals surface area contributed by atoms with Crippen molar-refractivity contribution in [2.24, 2.45) is 11.8 Å². The fourth-order valence-corrected chi connectivity index (χ4v) is 2.87. The maximum Gasteiger partial charge on any atom is 0.140 e. The number of Topliss-reactive ketones (excluding diaryl/α,β-unsaturated/α-hetero) is 1. The molecule has 0 atom stereocenters. The average Bonchev–Trinajstić information content (AvgIpc) is 2.41. The number of benzene rings is 1. The van der Waals surface area contributed by atoms with Crippen LogP contribution in [0.5, 0.6) is 0 Å². The van der Waals surface area contributed by atoms with Crippen LogP contribution in [0.4, 0.5) is 5.69 Å². The van der Waals surface area contributed by atoms with Crippen molar-refractivity contribution in [2.75, 3.05) is 5.73 Å². The lowest BCUT2D eigenvalue weighted by Gasteiger charge is -2.26. The highest BCUT2D eigenvalue weighted by Crippen LogP contribution is 2.31. The van der Waals surface area contributed by atoms with E-state index in [1.807, 2.05) is 24.3 Å². The number of carbonyl (C=O) groups excluding carboxylic acids is 1. The summed E-state index contributed by atoms with van der Waals surface area (Å²) in [6.45, 7) is 2.25. The molecule has 2 heteroatoms. The van der Waals surface area contributed by atoms with Crippen LogP contribution in [-0.2, 0) is 11.2 Å². The fourth-order valence-electron chi connectivity index (χ4n) is 2.87. The molecule has 0 bridgehead atoms. The lowest BCUT2D eigenvalue weighted by atomic mass is 9.78. The van der Waals surface area contributed by atoms with Crippen molar-refractivity contribution >= 4 is 11.5 Å². The van der Waals surface area contributed by atoms with E-state index < -0.39 is 0 Å². The second-order valence-electron chi connectivity index (χ2n) is 5.51. The molecule has 1 aliphatic rings. The van der Waals surface area contributed by atoms with E-state index in [9.17, 15) is 4.79 Å². The van der Waals surface area contributed by atoms with Crippen LogP contribution in [0.1, 0.15) is 44.6 Å². The first kappa shape index (κ1) is 13.1. The molecular formula is C16H23NO. The Morgan fingerprint density at radius 1 is 1.17 bits per heavy atom. The van der Waals surface area contributed by atoms with Gasteiger partial charge in [-0.1, -0.05) is 25.5 Å². The molecule has 0 heterocycles. The van der Waals surface area contributed by atoms with Crippen molar-refractivity contribution in [1.29, 1.82) is 0 Å². The summed E-state index contributed by atoms with van der Waals surface area (Å²) in [5, 5.41) is 0. The van der Waals surface area contributed by atoms with Crippen LogP contribution in [0, 0.1) is 11.8 Å². The largest absolute Gasteiger partial charge is 0.399 e. The first-order valence-electron chi connectivity index (χ1n) is 7.06. The first-order valence-corrected chi connectivity index (χ1v) is 7.06. The van der Waals surface area contributed by atoms with Gasteiger partial charge in [0.05, 0.1) is 0 Å². The summed E-state index contributed by atoms with van der Waals surface area (Å²) in [6.07, 6.45) is 6.47. The maximum absolute atomic E-state index is 12.2. The van der Waals surface area contributed by atoms with Crippen molar-refractivity contribution in [3.05, 3.63) is 29.8 Å². The van der Waals surface area contributed by atoms with Gasteiger partial charge in [0.2, 0.25) is 0 Å². The minimum absolute atomic E-state index is 0.297. The van der Waals surface area contributed by atoms with Crippen molar-refractivity contribution in [1.82, 2.24) is 0 Å². The molecule has 1 aromatic carbocycles. The summed E-state index contributed by atoms with van der Waals surface area (Å²) in [7, 11) is 0. The van der Waals surface area contributed by atoms with Crippen LogP contribution in [-0.4, -0.2) is 5.78 Å². The molecule has 1 aromatic rings. The van der Waals surface area contributed by atoms with Gasteiger partial charge in [-0.15, -0.1) is 0 Å². The highest BCUT2D eigenvalue weighted by molar-refractivity contribution is 5.83. The van der Waals surface area contributed by atoms with Gasteiger partial charge in [0.1, 0.15) is 5.78 Å². The number of hydrogen-bond acceptors (Lipinski definition) is 2. The molecule has 0 radical (unpaired) electrons. The molecular weight excluding hydrogens is 222 g/mol. The Morgan fingerprint density at radius 3 is 2.33 bits per heavy atom. The normalized spacial score (nSPS) is 23.8. The fraction of sp³-hybridized carbons (Fsp3) is 0.562. The van der Waals surface area contributed by atoms with Gasteiger partial charge in [0, 0.05) is 18.0 Å². The molecule has 1 aliphatic carbocycles. The summed E-state index contributed by atoms with van der Waals surface area (Å²) >= 11 is 0. The van der Waals surface area contributed by atoms with E-state index in [0.29, 0.717) is 18.1 Å². The molecule has 2 rings (SSSR count). The molecule has 0 aliphatic heterocycles. The summed E-state index contributed by atoms with van der Waals surface area (Å²) < 4.78 is 0. The number of nitrogens with two attached hydrogens (primary N) is 1. The third kappa shape index (κ3) is 3.34. The zero-order valence-electron chi connectivity index (χ0n) is 11.2. The van der Waals surface area contributed by atoms with E-state index in [-0.39, 0.29) is 0 Å². The summed E-state index contributed by atoms with van der Waals surface area (Å²) in [4.78, 5) is 12.2. The Kier molecular flexibility index (Phi) is 4.40. The number of rotatable bonds is 4. The first-order chi connectivity index (χ1) is 8.69. The summed E-state index contributed by atoms with van der Waals surface area (Å²) in [5.41, 5.74) is 7.49. The van der Waals surface area contributed by atoms with Gasteiger partial charge >= 0.3 is 0 Å². The SMILES string of the molecule is CCC1CCC(C(=O)Cc2ccc(N)cc2)CC1. The second kappa shape index (κ2) is 6.03. The summed E-state index contributed by atoms with van der Waals surface area (Å²) in [5.74, 6) is 1.56. The molecule has 18 heavy (non-hydrogen) atoms. The van der Waals surface area contributed by atoms with Gasteiger partial charge in [0.25, 0.3) is 0 Å². The van der Waals surface area contributed by atoms with Gasteiger partial charge < -0.3 is 5.73 Å². The van der Waals surface area contributed by atoms with E-state index in [2.05, 4.69) is 6.92 Å². The number of hydrogen-bond donors (Lipinski definition) is 1. The second-order valence-corrected chi connectivity index (χ2v) is 5.51. The molecule has 0 amide bonds. The number of anilines is 1. The number of carbonyl (C=O) groups is 1. The quantitative estimate of drug-likeness (QED) is 0.824. The number of ketones is 1. The smallest absolute Gasteiger partial charge is 0.140 e. The van der Waals surface area contributed by atoms with Crippen LogP contribution in [0.25, 0.3) is 0 Å². The van der Waals surface area contributed by atoms with Gasteiger partial charge in [-0.2, -0.15) is 0 Å². The zero-order chi connectivity index (χ0) is 13.0. The molecule has 0 aromatic heterocycles. The Bertz CT molecular complexity index is 388. The van der Waals surface area contributed by atoms with Gasteiger partial charge in [-0.3, -0.25) is 4.79 Å². The van der Waals surface area contributed by atoms with Crippen LogP contribution >= 0.6 is 0 Å². The standard InChI is InChI=1S/C16H23NO/c1-2-12-3-7-14(8-4-12)16(18)11-13-5-9-15(17)10-6-13/h5-6,9-10,12,14H,2-4,7-8,11,17H2,1H3. The third-order valence-electron chi connectivity index (χ3n) is 4.24. The molecule has 1 saturated carbocycles. The van der Waals surface area contributed by atoms with Crippen molar-refractivity contribution in [3.8, 4) is 0 Å². The maximum atomic E-state index is 12.2. The molecule has 0 unspecified atom stereocenters. The predicted octanol–water partition coefficient (Wildman–Crippen LogP) is 3.60. The Balaban J connectivity index is 1.87. The molecule has 2 N–H and O–H groups in total. The number of nitrogen functional groups attached to an aromatic ring is 1. The highest BCUT2D eigenvalue weighted by Gasteiger charge is 2.25. The summed E-state index contributed by atoms with van der Waals surface area (Å²) in [6, 6.07) is 7.67. The van der Waals surface area contributed by atoms with Crippen molar-refractivity contribution in [3.63, 3.8) is 0 Å². The van der Waals surface area contributed by atoms with Crippen LogP contribution < -0.4 is 5.73 Å². The molecule has 98 valence electrons. The lowest BCUT2D eigenvalue weighted by Crippen LogP contribution is -2.23. The highest BCUT2D eigenvalue weighted by atomic mass is 16.1. The van der Waals surface area contributed by atoms with E-state index in [4.69, 9.17) is 5.73 Å². The zero-order valence-corrected chi connectivity index (χ0v) is 11.2. The monoisotopic (exact) mass is 245 g/mol. The predicted molar refractivity (Wildman–Crippen MR) is 75.3 cm³/mol. The Labute approximate surface area is 110 Å². The van der Waals surface area contributed by atoms with Crippen molar-refractivity contribution < 1.29 is 4.79 Å². The van der Waals surface area contributed by atoms with Crippen molar-refractivity contribution in [2.45, 2.75) is 45.4 Å². The van der Waals surface area contributed by atoms with Gasteiger partial charge in [0.15, 0.2) is 0 Å². The Morgan fingerprint density at radius 2 is 1.78 bits per heavy atom. The van der Waals surface area contributed by atoms with E-state index in [0.717, 1.165) is 30.0 Å². The van der Waals surface area contributed by atoms with Crippen LogP contribution in [0.2, 0.25) is 0 Å². The van der Waals surface area contributed by atoms with E-state index in [1.165, 1.54) is 19.3 Å². The molecule has 1 fully saturated rings. The molecule has 2 nitrogen and oxygen atoms in total. The van der Waals surface area contributed by atoms with Gasteiger partial charge in [-0.25, -0.2) is 0 Å². The average molecular weight is 245 g/mol. The molecule has 0 spiro atoms. The third-order valence-corrected chi connectivity index (χ3v) is 4.24. The van der Waals surface area contributed by atoms with Crippen LogP contribution in [0.15, 0.2) is 24.3 Å². The molecule has 0 saturated heterocycles. The topological polar surface area (TPSA) is 43.1 Å². The van der Waals surface area contributed by atoms with E-state index >= 15 is 0 Å². The van der Waals surface area contributed by atoms with E-state index in [1.54, 1.807) is 0 Å².